The predicted octanol–water partition coefficient (Wildman–Crippen LogP) is 2.22. The van der Waals surface area contributed by atoms with Crippen LogP contribution in [-0.2, 0) is 17.5 Å². The Morgan fingerprint density at radius 2 is 2.05 bits per heavy atom. The number of hydrogen-bond donors (Lipinski definition) is 2. The largest absolute Gasteiger partial charge is 0.510 e. The summed E-state index contributed by atoms with van der Waals surface area (Å²) in [5.74, 6) is -0.654. The van der Waals surface area contributed by atoms with Gasteiger partial charge in [-0.15, -0.1) is 0 Å². The fraction of sp³-hybridized carbons (Fsp3) is 0.231. The quantitative estimate of drug-likeness (QED) is 0.836. The third-order valence-corrected chi connectivity index (χ3v) is 2.78. The Kier molecular flexibility index (Phi) is 3.78. The van der Waals surface area contributed by atoms with E-state index in [1.807, 2.05) is 0 Å². The van der Waals surface area contributed by atoms with Gasteiger partial charge in [0.1, 0.15) is 5.76 Å². The average molecular weight is 284 g/mol. The number of amides is 1. The van der Waals surface area contributed by atoms with Gasteiger partial charge < -0.3 is 10.4 Å². The van der Waals surface area contributed by atoms with Crippen LogP contribution < -0.4 is 5.32 Å². The van der Waals surface area contributed by atoms with Crippen molar-refractivity contribution in [2.45, 2.75) is 12.7 Å². The Balaban J connectivity index is 2.16. The molecule has 2 N–H and O–H groups in total. The molecule has 0 fully saturated rings. The molecule has 0 atom stereocenters. The Labute approximate surface area is 112 Å². The first-order valence-corrected chi connectivity index (χ1v) is 5.75. The lowest BCUT2D eigenvalue weighted by Gasteiger charge is -2.10. The number of aliphatic hydroxyl groups is 1. The summed E-state index contributed by atoms with van der Waals surface area (Å²) < 4.78 is 38.2. The second kappa shape index (κ2) is 5.36. The molecule has 1 aliphatic heterocycles. The van der Waals surface area contributed by atoms with E-state index in [9.17, 15) is 23.1 Å². The van der Waals surface area contributed by atoms with E-state index in [1.165, 1.54) is 18.2 Å². The Hall–Kier alpha value is -2.31. The fourth-order valence-electron chi connectivity index (χ4n) is 1.79. The molecule has 0 saturated carbocycles. The summed E-state index contributed by atoms with van der Waals surface area (Å²) in [6.45, 7) is -0.209. The van der Waals surface area contributed by atoms with E-state index in [4.69, 9.17) is 0 Å². The van der Waals surface area contributed by atoms with E-state index in [0.29, 0.717) is 0 Å². The van der Waals surface area contributed by atoms with Crippen molar-refractivity contribution < 1.29 is 23.1 Å². The van der Waals surface area contributed by atoms with Gasteiger partial charge >= 0.3 is 6.18 Å². The van der Waals surface area contributed by atoms with Gasteiger partial charge in [-0.05, 0) is 11.6 Å². The molecule has 0 aromatic heterocycles. The maximum absolute atomic E-state index is 12.7. The van der Waals surface area contributed by atoms with Crippen LogP contribution in [0.15, 0.2) is 40.6 Å². The summed E-state index contributed by atoms with van der Waals surface area (Å²) in [6, 6.07) is 5.08. The monoisotopic (exact) mass is 284 g/mol. The number of rotatable bonds is 3. The number of nitrogens with zero attached hydrogens (tertiary/aromatic N) is 1. The van der Waals surface area contributed by atoms with Crippen LogP contribution in [0.2, 0.25) is 0 Å². The molecule has 2 rings (SSSR count). The fourth-order valence-corrected chi connectivity index (χ4v) is 1.79. The molecule has 4 nitrogen and oxygen atoms in total. The van der Waals surface area contributed by atoms with Crippen LogP contribution in [0, 0.1) is 0 Å². The molecule has 0 unspecified atom stereocenters. The number of benzene rings is 1. The molecular weight excluding hydrogens is 273 g/mol. The third kappa shape index (κ3) is 2.98. The molecule has 1 amide bonds. The highest BCUT2D eigenvalue weighted by molar-refractivity contribution is 6.14. The van der Waals surface area contributed by atoms with Crippen LogP contribution in [0.1, 0.15) is 11.1 Å². The van der Waals surface area contributed by atoms with Crippen molar-refractivity contribution in [2.75, 3.05) is 6.54 Å². The van der Waals surface area contributed by atoms with E-state index in [0.717, 1.165) is 12.3 Å². The van der Waals surface area contributed by atoms with E-state index >= 15 is 0 Å². The van der Waals surface area contributed by atoms with Gasteiger partial charge in [0.05, 0.1) is 24.2 Å². The molecule has 0 saturated heterocycles. The van der Waals surface area contributed by atoms with Crippen molar-refractivity contribution in [3.8, 4) is 0 Å². The van der Waals surface area contributed by atoms with E-state index in [-0.39, 0.29) is 30.0 Å². The molecule has 20 heavy (non-hydrogen) atoms. The highest BCUT2D eigenvalue weighted by Crippen LogP contribution is 2.32. The van der Waals surface area contributed by atoms with Crippen molar-refractivity contribution >= 4 is 12.1 Å². The molecule has 1 heterocycles. The molecule has 106 valence electrons. The number of alkyl halides is 3. The maximum Gasteiger partial charge on any atom is 0.416 e. The number of nitrogens with one attached hydrogen (secondary N) is 1. The van der Waals surface area contributed by atoms with Gasteiger partial charge in [-0.25, -0.2) is 0 Å². The zero-order valence-electron chi connectivity index (χ0n) is 10.2. The Morgan fingerprint density at radius 3 is 2.65 bits per heavy atom. The maximum atomic E-state index is 12.7. The van der Waals surface area contributed by atoms with Gasteiger partial charge in [0.15, 0.2) is 0 Å². The topological polar surface area (TPSA) is 61.7 Å². The van der Waals surface area contributed by atoms with E-state index < -0.39 is 17.6 Å². The lowest BCUT2D eigenvalue weighted by Crippen LogP contribution is -2.17. The Morgan fingerprint density at radius 1 is 1.35 bits per heavy atom. The van der Waals surface area contributed by atoms with Crippen LogP contribution in [0.3, 0.4) is 0 Å². The van der Waals surface area contributed by atoms with Gasteiger partial charge in [0.2, 0.25) is 0 Å². The summed E-state index contributed by atoms with van der Waals surface area (Å²) >= 11 is 0. The van der Waals surface area contributed by atoms with Crippen LogP contribution in [0.5, 0.6) is 0 Å². The van der Waals surface area contributed by atoms with E-state index in [1.54, 1.807) is 0 Å². The molecule has 7 heteroatoms. The predicted molar refractivity (Wildman–Crippen MR) is 66.3 cm³/mol. The molecule has 1 aromatic carbocycles. The summed E-state index contributed by atoms with van der Waals surface area (Å²) in [4.78, 5) is 15.0. The normalized spacial score (nSPS) is 16.1. The first-order valence-electron chi connectivity index (χ1n) is 5.75. The minimum atomic E-state index is -4.45. The molecule has 1 aromatic rings. The van der Waals surface area contributed by atoms with Crippen molar-refractivity contribution in [1.29, 1.82) is 0 Å². The van der Waals surface area contributed by atoms with Crippen LogP contribution in [0.4, 0.5) is 13.2 Å². The highest BCUT2D eigenvalue weighted by Gasteiger charge is 2.32. The highest BCUT2D eigenvalue weighted by atomic mass is 19.4. The first-order chi connectivity index (χ1) is 9.39. The smallest absolute Gasteiger partial charge is 0.416 e. The van der Waals surface area contributed by atoms with Crippen molar-refractivity contribution in [1.82, 2.24) is 5.32 Å². The van der Waals surface area contributed by atoms with Gasteiger partial charge in [-0.1, -0.05) is 18.2 Å². The van der Waals surface area contributed by atoms with Crippen molar-refractivity contribution in [3.63, 3.8) is 0 Å². The number of halogens is 3. The summed E-state index contributed by atoms with van der Waals surface area (Å²) in [7, 11) is 0. The minimum absolute atomic E-state index is 0.00902. The Bertz CT molecular complexity index is 592. The minimum Gasteiger partial charge on any atom is -0.510 e. The van der Waals surface area contributed by atoms with Crippen LogP contribution in [0.25, 0.3) is 0 Å². The second-order valence-electron chi connectivity index (χ2n) is 4.17. The van der Waals surface area contributed by atoms with Crippen molar-refractivity contribution in [3.05, 3.63) is 46.7 Å². The van der Waals surface area contributed by atoms with Gasteiger partial charge in [-0.3, -0.25) is 9.79 Å². The number of aliphatic hydroxyl groups excluding tert-OH is 1. The zero-order valence-corrected chi connectivity index (χ0v) is 10.2. The van der Waals surface area contributed by atoms with Crippen LogP contribution >= 0.6 is 0 Å². The first kappa shape index (κ1) is 14.1. The molecular formula is C13H11F3N2O2. The van der Waals surface area contributed by atoms with Gasteiger partial charge in [0.25, 0.3) is 5.91 Å². The summed E-state index contributed by atoms with van der Waals surface area (Å²) in [5, 5.41) is 11.7. The summed E-state index contributed by atoms with van der Waals surface area (Å²) in [5.41, 5.74) is -0.768. The zero-order chi connectivity index (χ0) is 14.8. The lowest BCUT2D eigenvalue weighted by atomic mass is 10.1. The lowest BCUT2D eigenvalue weighted by molar-refractivity contribution is -0.138. The molecule has 0 bridgehead atoms. The number of carbonyl (C=O) groups is 1. The molecule has 1 aliphatic rings. The molecule has 0 spiro atoms. The van der Waals surface area contributed by atoms with E-state index in [2.05, 4.69) is 10.3 Å². The van der Waals surface area contributed by atoms with Gasteiger partial charge in [0, 0.05) is 6.21 Å². The summed E-state index contributed by atoms with van der Waals surface area (Å²) in [6.07, 6.45) is -3.36. The van der Waals surface area contributed by atoms with Gasteiger partial charge in [-0.2, -0.15) is 13.2 Å². The van der Waals surface area contributed by atoms with Crippen molar-refractivity contribution in [2.24, 2.45) is 4.99 Å². The standard InChI is InChI=1S/C13H11F3N2O2/c14-13(15,16)10-4-2-1-3-8(10)5-17-6-9-11(19)7-18-12(9)20/h1-4,6,19H,5,7H2,(H,18,20). The molecule has 0 aliphatic carbocycles. The number of carbonyl (C=O) groups excluding carboxylic acids is 1. The van der Waals surface area contributed by atoms with Crippen LogP contribution in [-0.4, -0.2) is 23.8 Å². The average Bonchev–Trinajstić information content (AvgIpc) is 2.70. The number of hydrogen-bond acceptors (Lipinski definition) is 3. The second-order valence-corrected chi connectivity index (χ2v) is 4.17. The third-order valence-electron chi connectivity index (χ3n) is 2.78. The SMILES string of the molecule is O=C1NCC(O)=C1C=NCc1ccccc1C(F)(F)F. The molecule has 0 radical (unpaired) electrons. The number of aliphatic imine (C=N–C) groups is 1.